The van der Waals surface area contributed by atoms with Crippen LogP contribution in [0.4, 0.5) is 5.82 Å². The molecule has 2 heterocycles. The van der Waals surface area contributed by atoms with Gasteiger partial charge < -0.3 is 10.6 Å². The lowest BCUT2D eigenvalue weighted by atomic mass is 10.1. The van der Waals surface area contributed by atoms with Crippen molar-refractivity contribution in [2.75, 3.05) is 18.0 Å². The molecular formula is C19H25N5O2. The molecule has 26 heavy (non-hydrogen) atoms. The lowest BCUT2D eigenvalue weighted by Crippen LogP contribution is -2.47. The van der Waals surface area contributed by atoms with Gasteiger partial charge >= 0.3 is 5.69 Å². The van der Waals surface area contributed by atoms with Crippen molar-refractivity contribution < 1.29 is 0 Å². The van der Waals surface area contributed by atoms with Gasteiger partial charge in [0.05, 0.1) is 13.1 Å². The molecule has 0 radical (unpaired) electrons. The van der Waals surface area contributed by atoms with Crippen molar-refractivity contribution in [1.82, 2.24) is 9.13 Å². The maximum absolute atomic E-state index is 12.8. The predicted molar refractivity (Wildman–Crippen MR) is 104 cm³/mol. The van der Waals surface area contributed by atoms with Crippen LogP contribution in [0.15, 0.2) is 44.9 Å². The summed E-state index contributed by atoms with van der Waals surface area (Å²) in [5, 5.41) is 0. The van der Waals surface area contributed by atoms with E-state index in [2.05, 4.69) is 11.7 Å². The van der Waals surface area contributed by atoms with Gasteiger partial charge in [-0.1, -0.05) is 24.3 Å². The summed E-state index contributed by atoms with van der Waals surface area (Å²) in [5.74, 6) is 0.634. The molecule has 1 aliphatic rings. The molecule has 0 unspecified atom stereocenters. The van der Waals surface area contributed by atoms with Gasteiger partial charge in [0.15, 0.2) is 0 Å². The predicted octanol–water partition coefficient (Wildman–Crippen LogP) is 0.723. The molecule has 1 aromatic heterocycles. The number of anilines is 1. The van der Waals surface area contributed by atoms with Crippen LogP contribution < -0.4 is 21.9 Å². The number of hydrogen-bond acceptors (Lipinski definition) is 5. The van der Waals surface area contributed by atoms with Crippen LogP contribution in [0.1, 0.15) is 24.0 Å². The van der Waals surface area contributed by atoms with E-state index in [1.807, 2.05) is 29.2 Å². The van der Waals surface area contributed by atoms with Crippen LogP contribution >= 0.6 is 0 Å². The molecule has 0 saturated carbocycles. The summed E-state index contributed by atoms with van der Waals surface area (Å²) < 4.78 is 2.79. The second-order valence-electron chi connectivity index (χ2n) is 6.77. The zero-order valence-electron chi connectivity index (χ0n) is 15.1. The minimum Gasteiger partial charge on any atom is -0.356 e. The molecule has 3 rings (SSSR count). The quantitative estimate of drug-likeness (QED) is 0.801. The van der Waals surface area contributed by atoms with Crippen LogP contribution in [0.2, 0.25) is 0 Å². The molecule has 1 aromatic carbocycles. The summed E-state index contributed by atoms with van der Waals surface area (Å²) in [6.45, 7) is 5.85. The fraction of sp³-hybridized carbons (Fsp3) is 0.421. The second kappa shape index (κ2) is 7.70. The van der Waals surface area contributed by atoms with Gasteiger partial charge in [-0.3, -0.25) is 18.9 Å². The molecule has 1 aliphatic heterocycles. The highest BCUT2D eigenvalue weighted by Crippen LogP contribution is 2.19. The van der Waals surface area contributed by atoms with Gasteiger partial charge in [0.2, 0.25) is 0 Å². The molecule has 7 nitrogen and oxygen atoms in total. The molecule has 1 atom stereocenters. The summed E-state index contributed by atoms with van der Waals surface area (Å²) >= 11 is 0. The fourth-order valence-electron chi connectivity index (χ4n) is 3.44. The summed E-state index contributed by atoms with van der Waals surface area (Å²) in [5.41, 5.74) is 7.48. The highest BCUT2D eigenvalue weighted by molar-refractivity contribution is 5.41. The molecule has 2 aromatic rings. The third-order valence-electron chi connectivity index (χ3n) is 4.89. The fourth-order valence-corrected chi connectivity index (χ4v) is 3.44. The summed E-state index contributed by atoms with van der Waals surface area (Å²) in [6, 6.07) is 9.42. The van der Waals surface area contributed by atoms with Crippen molar-refractivity contribution in [3.63, 3.8) is 0 Å². The Hall–Kier alpha value is -2.67. The molecule has 138 valence electrons. The lowest BCUT2D eigenvalue weighted by molar-refractivity contribution is 0.491. The Morgan fingerprint density at radius 1 is 1.27 bits per heavy atom. The van der Waals surface area contributed by atoms with Crippen molar-refractivity contribution in [1.29, 1.82) is 0 Å². The zero-order valence-corrected chi connectivity index (χ0v) is 15.1. The highest BCUT2D eigenvalue weighted by Gasteiger charge is 2.22. The van der Waals surface area contributed by atoms with Gasteiger partial charge in [0, 0.05) is 32.2 Å². The van der Waals surface area contributed by atoms with Crippen LogP contribution in [0.3, 0.4) is 0 Å². The molecule has 1 saturated heterocycles. The van der Waals surface area contributed by atoms with Crippen LogP contribution in [0, 0.1) is 0 Å². The van der Waals surface area contributed by atoms with Gasteiger partial charge in [-0.05, 0) is 30.7 Å². The van der Waals surface area contributed by atoms with Gasteiger partial charge in [0.25, 0.3) is 5.56 Å². The van der Waals surface area contributed by atoms with Crippen molar-refractivity contribution in [2.45, 2.75) is 32.0 Å². The first kappa shape index (κ1) is 18.1. The maximum atomic E-state index is 12.8. The average Bonchev–Trinajstić information content (AvgIpc) is 2.63. The summed E-state index contributed by atoms with van der Waals surface area (Å²) in [6.07, 6.45) is 1.90. The Labute approximate surface area is 152 Å². The zero-order chi connectivity index (χ0) is 18.7. The molecule has 7 heteroatoms. The van der Waals surface area contributed by atoms with E-state index in [0.29, 0.717) is 25.5 Å². The first-order chi connectivity index (χ1) is 12.5. The van der Waals surface area contributed by atoms with Crippen LogP contribution in [0.5, 0.6) is 0 Å². The minimum atomic E-state index is -0.326. The first-order valence-corrected chi connectivity index (χ1v) is 8.82. The standard InChI is InChI=1S/C19H25N5O2/c1-21-11-14-6-3-4-7-15(14)12-24-17(10-18(25)22(2)19(24)26)23-9-5-8-16(20)13-23/h3-4,6-7,10,16H,1,5,8-9,11-13,20H2,2H3/t16-/m1/s1. The number of aliphatic imine (C=N–C) groups is 1. The molecule has 0 aliphatic carbocycles. The third kappa shape index (κ3) is 3.62. The maximum Gasteiger partial charge on any atom is 0.332 e. The molecule has 0 amide bonds. The number of benzene rings is 1. The highest BCUT2D eigenvalue weighted by atomic mass is 16.2. The van der Waals surface area contributed by atoms with Crippen LogP contribution in [0.25, 0.3) is 0 Å². The topological polar surface area (TPSA) is 85.6 Å². The number of rotatable bonds is 5. The smallest absolute Gasteiger partial charge is 0.332 e. The van der Waals surface area contributed by atoms with Gasteiger partial charge in [-0.25, -0.2) is 4.79 Å². The Bertz CT molecular complexity index is 915. The lowest BCUT2D eigenvalue weighted by Gasteiger charge is -2.34. The molecule has 1 fully saturated rings. The van der Waals surface area contributed by atoms with E-state index >= 15 is 0 Å². The van der Waals surface area contributed by atoms with E-state index in [0.717, 1.165) is 35.1 Å². The SMILES string of the molecule is C=NCc1ccccc1Cn1c(N2CCC[C@@H](N)C2)cc(=O)n(C)c1=O. The second-order valence-corrected chi connectivity index (χ2v) is 6.77. The van der Waals surface area contributed by atoms with E-state index < -0.39 is 0 Å². The Balaban J connectivity index is 2.08. The molecular weight excluding hydrogens is 330 g/mol. The minimum absolute atomic E-state index is 0.0496. The average molecular weight is 355 g/mol. The van der Waals surface area contributed by atoms with E-state index in [1.54, 1.807) is 4.57 Å². The van der Waals surface area contributed by atoms with Crippen molar-refractivity contribution in [2.24, 2.45) is 17.8 Å². The van der Waals surface area contributed by atoms with Gasteiger partial charge in [0.1, 0.15) is 5.82 Å². The van der Waals surface area contributed by atoms with Crippen LogP contribution in [-0.4, -0.2) is 35.0 Å². The van der Waals surface area contributed by atoms with E-state index in [1.165, 1.54) is 13.1 Å². The normalized spacial score (nSPS) is 17.3. The summed E-state index contributed by atoms with van der Waals surface area (Å²) in [7, 11) is 1.50. The van der Waals surface area contributed by atoms with Crippen LogP contribution in [-0.2, 0) is 20.1 Å². The van der Waals surface area contributed by atoms with Crippen molar-refractivity contribution in [3.8, 4) is 0 Å². The number of nitrogens with zero attached hydrogens (tertiary/aromatic N) is 4. The molecule has 0 spiro atoms. The number of hydrogen-bond donors (Lipinski definition) is 1. The number of nitrogens with two attached hydrogens (primary N) is 1. The Morgan fingerprint density at radius 3 is 2.69 bits per heavy atom. The molecule has 2 N–H and O–H groups in total. The van der Waals surface area contributed by atoms with E-state index in [-0.39, 0.29) is 17.3 Å². The third-order valence-corrected chi connectivity index (χ3v) is 4.89. The monoisotopic (exact) mass is 355 g/mol. The van der Waals surface area contributed by atoms with Crippen molar-refractivity contribution >= 4 is 12.5 Å². The van der Waals surface area contributed by atoms with Crippen molar-refractivity contribution in [3.05, 3.63) is 62.3 Å². The van der Waals surface area contributed by atoms with Gasteiger partial charge in [-0.2, -0.15) is 0 Å². The Kier molecular flexibility index (Phi) is 5.37. The first-order valence-electron chi connectivity index (χ1n) is 8.82. The van der Waals surface area contributed by atoms with E-state index in [4.69, 9.17) is 5.73 Å². The molecule has 0 bridgehead atoms. The van der Waals surface area contributed by atoms with Gasteiger partial charge in [-0.15, -0.1) is 0 Å². The largest absolute Gasteiger partial charge is 0.356 e. The number of aromatic nitrogens is 2. The summed E-state index contributed by atoms with van der Waals surface area (Å²) in [4.78, 5) is 31.1. The van der Waals surface area contributed by atoms with E-state index in [9.17, 15) is 9.59 Å². The Morgan fingerprint density at radius 2 is 2.00 bits per heavy atom. The number of piperidine rings is 1.